The van der Waals surface area contributed by atoms with Crippen molar-refractivity contribution in [1.29, 1.82) is 0 Å². The SMILES string of the molecule is CCc1oc(C(=O)N2CCN(C)C(=O)C2C)cc1CN1CCCC1. The molecule has 1 atom stereocenters. The van der Waals surface area contributed by atoms with Gasteiger partial charge in [0.25, 0.3) is 5.91 Å². The van der Waals surface area contributed by atoms with Crippen LogP contribution in [-0.4, -0.2) is 65.8 Å². The first kappa shape index (κ1) is 17.0. The number of hydrogen-bond donors (Lipinski definition) is 0. The highest BCUT2D eigenvalue weighted by atomic mass is 16.4. The van der Waals surface area contributed by atoms with Crippen LogP contribution in [0.4, 0.5) is 0 Å². The molecule has 2 saturated heterocycles. The topological polar surface area (TPSA) is 57.0 Å². The summed E-state index contributed by atoms with van der Waals surface area (Å²) in [6.07, 6.45) is 3.26. The maximum atomic E-state index is 12.8. The smallest absolute Gasteiger partial charge is 0.290 e. The lowest BCUT2D eigenvalue weighted by Gasteiger charge is -2.36. The standard InChI is InChI=1S/C18H27N3O3/c1-4-15-14(12-20-7-5-6-8-20)11-16(24-15)18(23)21-10-9-19(3)17(22)13(21)2/h11,13H,4-10,12H2,1-3H3. The zero-order valence-electron chi connectivity index (χ0n) is 14.9. The lowest BCUT2D eigenvalue weighted by molar-refractivity contribution is -0.137. The van der Waals surface area contributed by atoms with Crippen molar-refractivity contribution < 1.29 is 14.0 Å². The van der Waals surface area contributed by atoms with Crippen molar-refractivity contribution in [2.45, 2.75) is 45.7 Å². The molecule has 0 bridgehead atoms. The van der Waals surface area contributed by atoms with Crippen LogP contribution >= 0.6 is 0 Å². The van der Waals surface area contributed by atoms with E-state index in [0.29, 0.717) is 18.8 Å². The number of nitrogens with zero attached hydrogens (tertiary/aromatic N) is 3. The third-order valence-corrected chi connectivity index (χ3v) is 5.16. The van der Waals surface area contributed by atoms with Crippen LogP contribution in [0.2, 0.25) is 0 Å². The minimum absolute atomic E-state index is 0.0193. The number of rotatable bonds is 4. The molecule has 3 rings (SSSR count). The van der Waals surface area contributed by atoms with Gasteiger partial charge in [0.05, 0.1) is 0 Å². The first-order valence-corrected chi connectivity index (χ1v) is 8.91. The number of aryl methyl sites for hydroxylation is 1. The van der Waals surface area contributed by atoms with Gasteiger partial charge in [0.2, 0.25) is 5.91 Å². The molecule has 0 aromatic carbocycles. The van der Waals surface area contributed by atoms with E-state index < -0.39 is 6.04 Å². The van der Waals surface area contributed by atoms with Crippen LogP contribution in [-0.2, 0) is 17.8 Å². The highest BCUT2D eigenvalue weighted by Crippen LogP contribution is 2.23. The van der Waals surface area contributed by atoms with Crippen molar-refractivity contribution in [3.05, 3.63) is 23.2 Å². The molecule has 0 N–H and O–H groups in total. The van der Waals surface area contributed by atoms with E-state index in [1.165, 1.54) is 12.8 Å². The molecule has 132 valence electrons. The molecular formula is C18H27N3O3. The number of carbonyl (C=O) groups is 2. The molecule has 24 heavy (non-hydrogen) atoms. The summed E-state index contributed by atoms with van der Waals surface area (Å²) in [5.74, 6) is 1.06. The average Bonchev–Trinajstić information content (AvgIpc) is 3.22. The van der Waals surface area contributed by atoms with Crippen LogP contribution in [0, 0.1) is 0 Å². The Bertz CT molecular complexity index is 619. The Morgan fingerprint density at radius 1 is 1.25 bits per heavy atom. The second kappa shape index (κ2) is 6.97. The molecule has 2 aliphatic heterocycles. The summed E-state index contributed by atoms with van der Waals surface area (Å²) in [5.41, 5.74) is 1.11. The van der Waals surface area contributed by atoms with E-state index in [1.807, 2.05) is 13.0 Å². The van der Waals surface area contributed by atoms with E-state index in [4.69, 9.17) is 4.42 Å². The predicted molar refractivity (Wildman–Crippen MR) is 90.7 cm³/mol. The highest BCUT2D eigenvalue weighted by Gasteiger charge is 2.34. The maximum Gasteiger partial charge on any atom is 0.290 e. The first-order chi connectivity index (χ1) is 11.5. The van der Waals surface area contributed by atoms with E-state index >= 15 is 0 Å². The van der Waals surface area contributed by atoms with Crippen LogP contribution in [0.1, 0.15) is 48.6 Å². The molecule has 1 aromatic heterocycles. The van der Waals surface area contributed by atoms with Crippen molar-refractivity contribution >= 4 is 11.8 Å². The molecule has 2 aliphatic rings. The lowest BCUT2D eigenvalue weighted by atomic mass is 10.1. The van der Waals surface area contributed by atoms with Gasteiger partial charge in [0.1, 0.15) is 11.8 Å². The highest BCUT2D eigenvalue weighted by molar-refractivity contribution is 5.96. The van der Waals surface area contributed by atoms with Crippen molar-refractivity contribution in [1.82, 2.24) is 14.7 Å². The van der Waals surface area contributed by atoms with Gasteiger partial charge in [0.15, 0.2) is 5.76 Å². The minimum atomic E-state index is -0.437. The number of likely N-dealkylation sites (N-methyl/N-ethyl adjacent to an activating group) is 1. The third-order valence-electron chi connectivity index (χ3n) is 5.16. The summed E-state index contributed by atoms with van der Waals surface area (Å²) >= 11 is 0. The second-order valence-corrected chi connectivity index (χ2v) is 6.83. The largest absolute Gasteiger partial charge is 0.456 e. The Morgan fingerprint density at radius 2 is 1.96 bits per heavy atom. The van der Waals surface area contributed by atoms with Gasteiger partial charge in [-0.2, -0.15) is 0 Å². The van der Waals surface area contributed by atoms with Crippen LogP contribution < -0.4 is 0 Å². The molecule has 2 amide bonds. The average molecular weight is 333 g/mol. The molecule has 6 nitrogen and oxygen atoms in total. The molecule has 6 heteroatoms. The number of amides is 2. The van der Waals surface area contributed by atoms with Gasteiger partial charge in [-0.15, -0.1) is 0 Å². The fourth-order valence-corrected chi connectivity index (χ4v) is 3.62. The van der Waals surface area contributed by atoms with Gasteiger partial charge >= 0.3 is 0 Å². The van der Waals surface area contributed by atoms with Gasteiger partial charge in [-0.3, -0.25) is 14.5 Å². The van der Waals surface area contributed by atoms with Gasteiger partial charge in [0, 0.05) is 38.7 Å². The minimum Gasteiger partial charge on any atom is -0.456 e. The van der Waals surface area contributed by atoms with Crippen LogP contribution in [0.3, 0.4) is 0 Å². The van der Waals surface area contributed by atoms with E-state index in [-0.39, 0.29) is 11.8 Å². The maximum absolute atomic E-state index is 12.8. The zero-order chi connectivity index (χ0) is 17.3. The Hall–Kier alpha value is -1.82. The summed E-state index contributed by atoms with van der Waals surface area (Å²) in [7, 11) is 1.77. The molecule has 3 heterocycles. The molecule has 0 spiro atoms. The normalized spacial score (nSPS) is 22.5. The number of furan rings is 1. The molecular weight excluding hydrogens is 306 g/mol. The fourth-order valence-electron chi connectivity index (χ4n) is 3.62. The third kappa shape index (κ3) is 3.20. The predicted octanol–water partition coefficient (Wildman–Crippen LogP) is 1.74. The number of hydrogen-bond acceptors (Lipinski definition) is 4. The summed E-state index contributed by atoms with van der Waals surface area (Å²) < 4.78 is 5.86. The summed E-state index contributed by atoms with van der Waals surface area (Å²) in [4.78, 5) is 30.7. The van der Waals surface area contributed by atoms with Gasteiger partial charge in [-0.05, 0) is 38.9 Å². The van der Waals surface area contributed by atoms with Crippen molar-refractivity contribution in [3.63, 3.8) is 0 Å². The monoisotopic (exact) mass is 333 g/mol. The van der Waals surface area contributed by atoms with Crippen LogP contribution in [0.15, 0.2) is 10.5 Å². The van der Waals surface area contributed by atoms with E-state index in [2.05, 4.69) is 4.90 Å². The van der Waals surface area contributed by atoms with E-state index in [0.717, 1.165) is 37.4 Å². The Labute approximate surface area is 143 Å². The quantitative estimate of drug-likeness (QED) is 0.842. The van der Waals surface area contributed by atoms with Gasteiger partial charge in [-0.25, -0.2) is 0 Å². The fraction of sp³-hybridized carbons (Fsp3) is 0.667. The van der Waals surface area contributed by atoms with E-state index in [9.17, 15) is 9.59 Å². The second-order valence-electron chi connectivity index (χ2n) is 6.83. The zero-order valence-corrected chi connectivity index (χ0v) is 14.9. The summed E-state index contributed by atoms with van der Waals surface area (Å²) in [5, 5.41) is 0. The van der Waals surface area contributed by atoms with Crippen molar-refractivity contribution in [2.75, 3.05) is 33.2 Å². The number of piperazine rings is 1. The summed E-state index contributed by atoms with van der Waals surface area (Å²) in [6.45, 7) is 8.01. The van der Waals surface area contributed by atoms with E-state index in [1.54, 1.807) is 23.8 Å². The Morgan fingerprint density at radius 3 is 2.62 bits per heavy atom. The Kier molecular flexibility index (Phi) is 4.94. The molecule has 1 aromatic rings. The Balaban J connectivity index is 1.77. The molecule has 0 aliphatic carbocycles. The molecule has 0 saturated carbocycles. The number of carbonyl (C=O) groups excluding carboxylic acids is 2. The van der Waals surface area contributed by atoms with Gasteiger partial charge < -0.3 is 14.2 Å². The van der Waals surface area contributed by atoms with Crippen molar-refractivity contribution in [2.24, 2.45) is 0 Å². The molecule has 2 fully saturated rings. The number of likely N-dealkylation sites (tertiary alicyclic amines) is 1. The molecule has 1 unspecified atom stereocenters. The summed E-state index contributed by atoms with van der Waals surface area (Å²) in [6, 6.07) is 1.45. The van der Waals surface area contributed by atoms with Crippen LogP contribution in [0.25, 0.3) is 0 Å². The van der Waals surface area contributed by atoms with Crippen molar-refractivity contribution in [3.8, 4) is 0 Å². The van der Waals surface area contributed by atoms with Crippen LogP contribution in [0.5, 0.6) is 0 Å². The molecule has 0 radical (unpaired) electrons. The lowest BCUT2D eigenvalue weighted by Crippen LogP contribution is -2.56. The first-order valence-electron chi connectivity index (χ1n) is 8.91. The van der Waals surface area contributed by atoms with Gasteiger partial charge in [-0.1, -0.05) is 6.92 Å².